The van der Waals surface area contributed by atoms with Crippen LogP contribution in [0.5, 0.6) is 0 Å². The fraction of sp³-hybridized carbons (Fsp3) is 0.562. The second-order valence-electron chi connectivity index (χ2n) is 5.60. The van der Waals surface area contributed by atoms with Gasteiger partial charge in [0.15, 0.2) is 0 Å². The monoisotopic (exact) mass is 273 g/mol. The number of ether oxygens (including phenoxy) is 1. The molecule has 1 heterocycles. The molecule has 1 saturated heterocycles. The van der Waals surface area contributed by atoms with Crippen LogP contribution in [0, 0.1) is 11.3 Å². The van der Waals surface area contributed by atoms with Crippen LogP contribution < -0.4 is 5.73 Å². The van der Waals surface area contributed by atoms with E-state index in [1.54, 1.807) is 0 Å². The van der Waals surface area contributed by atoms with Crippen molar-refractivity contribution in [2.45, 2.75) is 30.9 Å². The Balaban J connectivity index is 1.88. The van der Waals surface area contributed by atoms with Crippen LogP contribution in [-0.2, 0) is 10.3 Å². The molecule has 0 saturated carbocycles. The Labute approximate surface area is 121 Å². The van der Waals surface area contributed by atoms with Crippen LogP contribution in [0.1, 0.15) is 24.8 Å². The number of rotatable bonds is 6. The average Bonchev–Trinajstić information content (AvgIpc) is 2.98. The SMILES string of the molecule is CN(CCC(N)(C#N)c1ccccc1)CC1CCCO1. The predicted octanol–water partition coefficient (Wildman–Crippen LogP) is 1.87. The molecule has 0 bridgehead atoms. The van der Waals surface area contributed by atoms with E-state index in [2.05, 4.69) is 18.0 Å². The van der Waals surface area contributed by atoms with Crippen LogP contribution in [-0.4, -0.2) is 37.7 Å². The molecule has 0 radical (unpaired) electrons. The van der Waals surface area contributed by atoms with E-state index in [4.69, 9.17) is 10.5 Å². The molecule has 2 rings (SSSR count). The van der Waals surface area contributed by atoms with E-state index in [0.29, 0.717) is 12.5 Å². The zero-order valence-corrected chi connectivity index (χ0v) is 12.1. The summed E-state index contributed by atoms with van der Waals surface area (Å²) in [7, 11) is 2.06. The summed E-state index contributed by atoms with van der Waals surface area (Å²) in [6, 6.07) is 11.9. The molecule has 0 aromatic heterocycles. The van der Waals surface area contributed by atoms with Crippen molar-refractivity contribution in [3.8, 4) is 6.07 Å². The molecule has 0 amide bonds. The first-order valence-electron chi connectivity index (χ1n) is 7.20. The highest BCUT2D eigenvalue weighted by molar-refractivity contribution is 5.30. The number of nitrogens with zero attached hydrogens (tertiary/aromatic N) is 2. The van der Waals surface area contributed by atoms with Crippen LogP contribution in [0.15, 0.2) is 30.3 Å². The topological polar surface area (TPSA) is 62.3 Å². The van der Waals surface area contributed by atoms with E-state index in [1.165, 1.54) is 0 Å². The molecule has 1 aliphatic rings. The average molecular weight is 273 g/mol. The lowest BCUT2D eigenvalue weighted by Gasteiger charge is -2.26. The Morgan fingerprint density at radius 1 is 1.45 bits per heavy atom. The summed E-state index contributed by atoms with van der Waals surface area (Å²) in [5, 5.41) is 9.42. The lowest BCUT2D eigenvalue weighted by Crippen LogP contribution is -2.40. The van der Waals surface area contributed by atoms with Gasteiger partial charge in [-0.25, -0.2) is 0 Å². The second-order valence-corrected chi connectivity index (χ2v) is 5.60. The van der Waals surface area contributed by atoms with Gasteiger partial charge in [-0.05, 0) is 31.9 Å². The first-order valence-corrected chi connectivity index (χ1v) is 7.20. The quantitative estimate of drug-likeness (QED) is 0.859. The number of benzene rings is 1. The number of likely N-dealkylation sites (N-methyl/N-ethyl adjacent to an activating group) is 1. The fourth-order valence-electron chi connectivity index (χ4n) is 2.59. The van der Waals surface area contributed by atoms with Gasteiger partial charge in [-0.2, -0.15) is 5.26 Å². The van der Waals surface area contributed by atoms with E-state index in [-0.39, 0.29) is 0 Å². The third-order valence-electron chi connectivity index (χ3n) is 3.92. The molecular weight excluding hydrogens is 250 g/mol. The molecule has 4 heteroatoms. The van der Waals surface area contributed by atoms with Crippen LogP contribution in [0.3, 0.4) is 0 Å². The number of hydrogen-bond donors (Lipinski definition) is 1. The normalized spacial score (nSPS) is 21.6. The maximum Gasteiger partial charge on any atom is 0.131 e. The van der Waals surface area contributed by atoms with Gasteiger partial charge < -0.3 is 15.4 Å². The molecule has 108 valence electrons. The highest BCUT2D eigenvalue weighted by Gasteiger charge is 2.27. The first kappa shape index (κ1) is 15.0. The third kappa shape index (κ3) is 3.80. The van der Waals surface area contributed by atoms with Crippen LogP contribution >= 0.6 is 0 Å². The summed E-state index contributed by atoms with van der Waals surface area (Å²) < 4.78 is 5.63. The molecule has 20 heavy (non-hydrogen) atoms. The highest BCUT2D eigenvalue weighted by Crippen LogP contribution is 2.22. The zero-order valence-electron chi connectivity index (χ0n) is 12.1. The summed E-state index contributed by atoms with van der Waals surface area (Å²) in [4.78, 5) is 2.21. The summed E-state index contributed by atoms with van der Waals surface area (Å²) in [5.74, 6) is 0. The Kier molecular flexibility index (Phi) is 5.13. The first-order chi connectivity index (χ1) is 9.64. The third-order valence-corrected chi connectivity index (χ3v) is 3.92. The minimum absolute atomic E-state index is 0.339. The molecule has 1 aliphatic heterocycles. The maximum atomic E-state index is 9.42. The summed E-state index contributed by atoms with van der Waals surface area (Å²) in [5.41, 5.74) is 6.23. The Morgan fingerprint density at radius 3 is 2.80 bits per heavy atom. The summed E-state index contributed by atoms with van der Waals surface area (Å²) in [6.07, 6.45) is 3.25. The molecule has 4 nitrogen and oxygen atoms in total. The second kappa shape index (κ2) is 6.85. The van der Waals surface area contributed by atoms with E-state index in [9.17, 15) is 5.26 Å². The number of hydrogen-bond acceptors (Lipinski definition) is 4. The van der Waals surface area contributed by atoms with Gasteiger partial charge in [-0.3, -0.25) is 0 Å². The van der Waals surface area contributed by atoms with E-state index in [0.717, 1.165) is 38.1 Å². The van der Waals surface area contributed by atoms with Crippen LogP contribution in [0.25, 0.3) is 0 Å². The fourth-order valence-corrected chi connectivity index (χ4v) is 2.59. The molecule has 0 spiro atoms. The lowest BCUT2D eigenvalue weighted by molar-refractivity contribution is 0.0797. The zero-order chi connectivity index (χ0) is 14.4. The van der Waals surface area contributed by atoms with Crippen molar-refractivity contribution in [2.75, 3.05) is 26.7 Å². The van der Waals surface area contributed by atoms with Crippen molar-refractivity contribution in [1.82, 2.24) is 4.90 Å². The Morgan fingerprint density at radius 2 is 2.20 bits per heavy atom. The van der Waals surface area contributed by atoms with Crippen molar-refractivity contribution in [2.24, 2.45) is 5.73 Å². The van der Waals surface area contributed by atoms with Crippen molar-refractivity contribution in [3.05, 3.63) is 35.9 Å². The van der Waals surface area contributed by atoms with Crippen molar-refractivity contribution >= 4 is 0 Å². The van der Waals surface area contributed by atoms with E-state index >= 15 is 0 Å². The van der Waals surface area contributed by atoms with Gasteiger partial charge in [0, 0.05) is 19.7 Å². The minimum Gasteiger partial charge on any atom is -0.377 e. The van der Waals surface area contributed by atoms with E-state index < -0.39 is 5.54 Å². The van der Waals surface area contributed by atoms with Gasteiger partial charge in [0.25, 0.3) is 0 Å². The molecule has 0 aliphatic carbocycles. The molecule has 1 fully saturated rings. The molecule has 2 atom stereocenters. The van der Waals surface area contributed by atoms with Crippen molar-refractivity contribution < 1.29 is 4.74 Å². The van der Waals surface area contributed by atoms with Crippen molar-refractivity contribution in [1.29, 1.82) is 5.26 Å². The van der Waals surface area contributed by atoms with Gasteiger partial charge in [-0.1, -0.05) is 30.3 Å². The van der Waals surface area contributed by atoms with Gasteiger partial charge in [-0.15, -0.1) is 0 Å². The predicted molar refractivity (Wildman–Crippen MR) is 79.0 cm³/mol. The van der Waals surface area contributed by atoms with Crippen LogP contribution in [0.2, 0.25) is 0 Å². The Hall–Kier alpha value is -1.41. The van der Waals surface area contributed by atoms with Crippen molar-refractivity contribution in [3.63, 3.8) is 0 Å². The van der Waals surface area contributed by atoms with Gasteiger partial charge >= 0.3 is 0 Å². The standard InChI is InChI=1S/C16H23N3O/c1-19(12-15-8-5-11-20-15)10-9-16(18,13-17)14-6-3-2-4-7-14/h2-4,6-7,15H,5,8-12,18H2,1H3. The van der Waals surface area contributed by atoms with Gasteiger partial charge in [0.05, 0.1) is 12.2 Å². The minimum atomic E-state index is -0.911. The number of nitrogens with two attached hydrogens (primary N) is 1. The van der Waals surface area contributed by atoms with Gasteiger partial charge in [0.1, 0.15) is 5.54 Å². The summed E-state index contributed by atoms with van der Waals surface area (Å²) in [6.45, 7) is 2.58. The number of nitriles is 1. The Bertz CT molecular complexity index is 451. The lowest BCUT2D eigenvalue weighted by atomic mass is 9.89. The molecule has 1 aromatic rings. The van der Waals surface area contributed by atoms with E-state index in [1.807, 2.05) is 30.3 Å². The van der Waals surface area contributed by atoms with Gasteiger partial charge in [0.2, 0.25) is 0 Å². The highest BCUT2D eigenvalue weighted by atomic mass is 16.5. The molecule has 2 unspecified atom stereocenters. The molecular formula is C16H23N3O. The maximum absolute atomic E-state index is 9.42. The summed E-state index contributed by atoms with van der Waals surface area (Å²) >= 11 is 0. The molecule has 2 N–H and O–H groups in total. The van der Waals surface area contributed by atoms with Crippen LogP contribution in [0.4, 0.5) is 0 Å². The molecule has 1 aromatic carbocycles. The largest absolute Gasteiger partial charge is 0.377 e. The smallest absolute Gasteiger partial charge is 0.131 e.